The second kappa shape index (κ2) is 8.70. The number of rotatable bonds is 8. The van der Waals surface area contributed by atoms with Gasteiger partial charge in [0.1, 0.15) is 5.70 Å². The molecule has 1 saturated heterocycles. The maximum atomic E-state index is 12.9. The molecule has 0 aromatic carbocycles. The Morgan fingerprint density at radius 2 is 2.10 bits per heavy atom. The molecule has 0 bridgehead atoms. The van der Waals surface area contributed by atoms with Crippen LogP contribution in [0.25, 0.3) is 0 Å². The molecular formula is C17H22N6O6S2. The number of hydrogen-bond acceptors (Lipinski definition) is 11. The van der Waals surface area contributed by atoms with Crippen LogP contribution in [0.4, 0.5) is 5.13 Å². The van der Waals surface area contributed by atoms with E-state index < -0.39 is 23.4 Å². The quantitative estimate of drug-likeness (QED) is 0.303. The third-order valence-electron chi connectivity index (χ3n) is 4.79. The highest BCUT2D eigenvalue weighted by Gasteiger charge is 2.47. The van der Waals surface area contributed by atoms with Gasteiger partial charge in [0.15, 0.2) is 5.13 Å². The second-order valence-corrected chi connectivity index (χ2v) is 9.24. The number of fused-ring (bicyclic) bond motifs is 1. The van der Waals surface area contributed by atoms with Crippen LogP contribution in [0.5, 0.6) is 0 Å². The summed E-state index contributed by atoms with van der Waals surface area (Å²) in [5.41, 5.74) is 4.73. The van der Waals surface area contributed by atoms with Crippen molar-refractivity contribution in [2.75, 3.05) is 18.0 Å². The van der Waals surface area contributed by atoms with Gasteiger partial charge >= 0.3 is 11.9 Å². The van der Waals surface area contributed by atoms with Crippen molar-refractivity contribution in [3.05, 3.63) is 17.1 Å². The first-order valence-electron chi connectivity index (χ1n) is 9.28. The lowest BCUT2D eigenvalue weighted by molar-refractivity contribution is -0.161. The zero-order valence-corrected chi connectivity index (χ0v) is 18.6. The molecule has 12 nitrogen and oxygen atoms in total. The molecule has 1 aromatic rings. The molecule has 1 aromatic heterocycles. The third-order valence-corrected chi connectivity index (χ3v) is 6.77. The Balaban J connectivity index is 1.77. The first-order valence-corrected chi connectivity index (χ1v) is 11.1. The normalized spacial score (nSPS) is 21.3. The molecule has 0 aliphatic carbocycles. The van der Waals surface area contributed by atoms with Crippen molar-refractivity contribution in [3.63, 3.8) is 0 Å². The van der Waals surface area contributed by atoms with Gasteiger partial charge in [-0.05, 0) is 25.8 Å². The Labute approximate surface area is 185 Å². The lowest BCUT2D eigenvalue weighted by Gasteiger charge is -2.52. The summed E-state index contributed by atoms with van der Waals surface area (Å²) >= 11 is 2.40. The molecule has 1 amide bonds. The van der Waals surface area contributed by atoms with Gasteiger partial charge in [-0.2, -0.15) is 9.36 Å². The van der Waals surface area contributed by atoms with E-state index in [9.17, 15) is 24.6 Å². The van der Waals surface area contributed by atoms with Gasteiger partial charge in [0.25, 0.3) is 5.91 Å². The van der Waals surface area contributed by atoms with Crippen molar-refractivity contribution >= 4 is 52.0 Å². The number of nitrogens with two attached hydrogens (primary N) is 1. The molecule has 0 radical (unpaired) electrons. The van der Waals surface area contributed by atoms with Crippen molar-refractivity contribution in [1.29, 1.82) is 0 Å². The average molecular weight is 471 g/mol. The number of carbonyl (C=O) groups excluding carboxylic acids is 1. The van der Waals surface area contributed by atoms with Gasteiger partial charge in [-0.25, -0.2) is 9.59 Å². The van der Waals surface area contributed by atoms with Crippen LogP contribution >= 0.6 is 23.3 Å². The van der Waals surface area contributed by atoms with Crippen LogP contribution in [-0.2, 0) is 19.2 Å². The maximum absolute atomic E-state index is 12.9. The molecule has 2 atom stereocenters. The number of carboxylic acid groups (broad SMARTS) is 2. The van der Waals surface area contributed by atoms with E-state index in [1.54, 1.807) is 16.7 Å². The molecule has 2 aliphatic rings. The van der Waals surface area contributed by atoms with Crippen LogP contribution in [0, 0.1) is 0 Å². The van der Waals surface area contributed by atoms with E-state index in [4.69, 9.17) is 10.6 Å². The number of aromatic nitrogens is 2. The molecule has 2 aliphatic heterocycles. The molecule has 5 N–H and O–H groups in total. The van der Waals surface area contributed by atoms with Crippen LogP contribution in [0.3, 0.4) is 0 Å². The zero-order chi connectivity index (χ0) is 22.9. The van der Waals surface area contributed by atoms with Crippen LogP contribution < -0.4 is 11.1 Å². The third kappa shape index (κ3) is 4.58. The van der Waals surface area contributed by atoms with Crippen molar-refractivity contribution in [2.45, 2.75) is 44.2 Å². The predicted molar refractivity (Wildman–Crippen MR) is 113 cm³/mol. The Hall–Kier alpha value is -2.87. The number of nitrogen functional groups attached to an aromatic ring is 1. The number of hydrogen-bond donors (Lipinski definition) is 4. The fraction of sp³-hybridized carbons (Fsp3) is 0.529. The number of carbonyl (C=O) groups is 3. The van der Waals surface area contributed by atoms with Gasteiger partial charge in [-0.3, -0.25) is 4.79 Å². The van der Waals surface area contributed by atoms with E-state index in [-0.39, 0.29) is 33.8 Å². The van der Waals surface area contributed by atoms with Gasteiger partial charge < -0.3 is 31.0 Å². The summed E-state index contributed by atoms with van der Waals surface area (Å²) < 4.78 is 3.96. The SMILES string of the molecule is CCC1=C(C(=O)O)N2C[C@@H](NC(=O)/C(=N\OC(C)(C)C(=O)O)c3nsc(N)n3)[C@H]2SC1. The summed E-state index contributed by atoms with van der Waals surface area (Å²) in [6, 6.07) is -0.348. The number of oxime groups is 1. The zero-order valence-electron chi connectivity index (χ0n) is 17.0. The van der Waals surface area contributed by atoms with E-state index in [2.05, 4.69) is 19.8 Å². The van der Waals surface area contributed by atoms with Crippen molar-refractivity contribution in [2.24, 2.45) is 5.16 Å². The number of thioether (sulfide) groups is 1. The smallest absolute Gasteiger partial charge is 0.352 e. The summed E-state index contributed by atoms with van der Waals surface area (Å²) in [6.45, 7) is 4.79. The molecular weight excluding hydrogens is 448 g/mol. The molecule has 3 rings (SSSR count). The predicted octanol–water partition coefficient (Wildman–Crippen LogP) is 0.326. The highest BCUT2D eigenvalue weighted by Crippen LogP contribution is 2.40. The number of amides is 1. The first kappa shape index (κ1) is 22.8. The monoisotopic (exact) mass is 470 g/mol. The van der Waals surface area contributed by atoms with Crippen molar-refractivity contribution in [3.8, 4) is 0 Å². The highest BCUT2D eigenvalue weighted by atomic mass is 32.2. The number of anilines is 1. The maximum Gasteiger partial charge on any atom is 0.352 e. The number of nitrogens with one attached hydrogen (secondary N) is 1. The number of aliphatic carboxylic acids is 2. The minimum Gasteiger partial charge on any atom is -0.478 e. The second-order valence-electron chi connectivity index (χ2n) is 7.35. The number of nitrogens with zero attached hydrogens (tertiary/aromatic N) is 4. The Kier molecular flexibility index (Phi) is 6.40. The highest BCUT2D eigenvalue weighted by molar-refractivity contribution is 8.00. The van der Waals surface area contributed by atoms with Gasteiger partial charge in [0.05, 0.1) is 11.4 Å². The van der Waals surface area contributed by atoms with E-state index in [0.717, 1.165) is 17.1 Å². The number of carboxylic acids is 2. The van der Waals surface area contributed by atoms with Gasteiger partial charge in [-0.15, -0.1) is 11.8 Å². The van der Waals surface area contributed by atoms with Crippen LogP contribution in [0.15, 0.2) is 16.4 Å². The summed E-state index contributed by atoms with van der Waals surface area (Å²) in [5, 5.41) is 25.1. The van der Waals surface area contributed by atoms with Crippen LogP contribution in [0.1, 0.15) is 33.0 Å². The minimum atomic E-state index is -1.68. The van der Waals surface area contributed by atoms with Crippen molar-refractivity contribution in [1.82, 2.24) is 19.6 Å². The topological polar surface area (TPSA) is 180 Å². The Morgan fingerprint density at radius 1 is 1.39 bits per heavy atom. The molecule has 0 spiro atoms. The largest absolute Gasteiger partial charge is 0.478 e. The van der Waals surface area contributed by atoms with E-state index in [0.29, 0.717) is 18.7 Å². The summed E-state index contributed by atoms with van der Waals surface area (Å²) in [5.74, 6) is -2.46. The Bertz CT molecular complexity index is 974. The molecule has 0 unspecified atom stereocenters. The lowest BCUT2D eigenvalue weighted by atomic mass is 10.0. The van der Waals surface area contributed by atoms with E-state index in [1.807, 2.05) is 6.92 Å². The molecule has 168 valence electrons. The van der Waals surface area contributed by atoms with Crippen LogP contribution in [0.2, 0.25) is 0 Å². The first-order chi connectivity index (χ1) is 14.5. The molecule has 3 heterocycles. The van der Waals surface area contributed by atoms with Gasteiger partial charge in [0, 0.05) is 23.8 Å². The molecule has 1 fully saturated rings. The summed E-state index contributed by atoms with van der Waals surface area (Å²) in [6.07, 6.45) is 0.638. The minimum absolute atomic E-state index is 0.0898. The van der Waals surface area contributed by atoms with E-state index in [1.165, 1.54) is 13.8 Å². The standard InChI is InChI=1S/C17H22N6O6S2/c1-4-7-6-30-13-8(5-23(13)10(7)14(25)26)19-12(24)9(11-20-16(18)31-22-11)21-29-17(2,3)15(27)28/h8,13H,4-6H2,1-3H3,(H,19,24)(H,25,26)(H,27,28)(H2,18,20,22)/b21-9-/t8-,13-/m1/s1. The molecule has 31 heavy (non-hydrogen) atoms. The van der Waals surface area contributed by atoms with E-state index >= 15 is 0 Å². The fourth-order valence-electron chi connectivity index (χ4n) is 2.98. The molecule has 0 saturated carbocycles. The summed E-state index contributed by atoms with van der Waals surface area (Å²) in [7, 11) is 0. The fourth-order valence-corrected chi connectivity index (χ4v) is 4.88. The van der Waals surface area contributed by atoms with Crippen molar-refractivity contribution < 1.29 is 29.4 Å². The summed E-state index contributed by atoms with van der Waals surface area (Å²) in [4.78, 5) is 46.6. The average Bonchev–Trinajstić information content (AvgIpc) is 3.11. The lowest BCUT2D eigenvalue weighted by Crippen LogP contribution is -2.67. The molecule has 14 heteroatoms. The van der Waals surface area contributed by atoms with Gasteiger partial charge in [0.2, 0.25) is 17.1 Å². The Morgan fingerprint density at radius 3 is 2.65 bits per heavy atom. The van der Waals surface area contributed by atoms with Crippen LogP contribution in [-0.4, -0.2) is 77.3 Å². The van der Waals surface area contributed by atoms with Gasteiger partial charge in [-0.1, -0.05) is 12.1 Å².